The van der Waals surface area contributed by atoms with E-state index in [0.29, 0.717) is 29.0 Å². The van der Waals surface area contributed by atoms with Crippen LogP contribution in [0.15, 0.2) is 28.2 Å². The molecule has 22 heavy (non-hydrogen) atoms. The van der Waals surface area contributed by atoms with E-state index in [1.54, 1.807) is 23.7 Å². The summed E-state index contributed by atoms with van der Waals surface area (Å²) in [4.78, 5) is 9.37. The lowest BCUT2D eigenvalue weighted by Gasteiger charge is -2.07. The first-order valence-electron chi connectivity index (χ1n) is 6.53. The molecule has 114 valence electrons. The van der Waals surface area contributed by atoms with E-state index in [-0.39, 0.29) is 6.61 Å². The maximum Gasteiger partial charge on any atom is 0.269 e. The second-order valence-electron chi connectivity index (χ2n) is 4.61. The van der Waals surface area contributed by atoms with Gasteiger partial charge in [0, 0.05) is 0 Å². The summed E-state index contributed by atoms with van der Waals surface area (Å²) in [5.74, 6) is 0.986. The van der Waals surface area contributed by atoms with Gasteiger partial charge in [0.2, 0.25) is 0 Å². The Bertz CT molecular complexity index is 787. The Morgan fingerprint density at radius 1 is 1.41 bits per heavy atom. The molecular formula is C14H13ClN4O2S. The van der Waals surface area contributed by atoms with Crippen molar-refractivity contribution < 1.29 is 9.63 Å². The summed E-state index contributed by atoms with van der Waals surface area (Å²) >= 11 is 7.57. The minimum absolute atomic E-state index is 0.0388. The van der Waals surface area contributed by atoms with Gasteiger partial charge in [-0.25, -0.2) is 4.98 Å². The molecule has 8 heteroatoms. The van der Waals surface area contributed by atoms with Gasteiger partial charge in [-0.15, -0.1) is 11.3 Å². The normalized spacial score (nSPS) is 10.9. The molecule has 3 aromatic rings. The fourth-order valence-corrected chi connectivity index (χ4v) is 2.81. The molecule has 3 rings (SSSR count). The van der Waals surface area contributed by atoms with E-state index in [1.165, 1.54) is 11.3 Å². The molecule has 0 saturated carbocycles. The number of aryl methyl sites for hydroxylation is 1. The minimum Gasteiger partial charge on any atom is -0.392 e. The number of hydrogen-bond acceptors (Lipinski definition) is 7. The summed E-state index contributed by atoms with van der Waals surface area (Å²) in [6.45, 7) is 2.23. The van der Waals surface area contributed by atoms with Crippen LogP contribution in [-0.4, -0.2) is 20.2 Å². The number of thiazole rings is 1. The summed E-state index contributed by atoms with van der Waals surface area (Å²) in [6.07, 6.45) is 0. The molecule has 2 aromatic heterocycles. The summed E-state index contributed by atoms with van der Waals surface area (Å²) in [7, 11) is 0. The van der Waals surface area contributed by atoms with Crippen LogP contribution < -0.4 is 5.32 Å². The summed E-state index contributed by atoms with van der Waals surface area (Å²) < 4.78 is 5.25. The predicted octanol–water partition coefficient (Wildman–Crippen LogP) is 3.26. The minimum atomic E-state index is -0.0388. The Balaban J connectivity index is 1.73. The van der Waals surface area contributed by atoms with Crippen LogP contribution >= 0.6 is 22.9 Å². The molecule has 0 aliphatic heterocycles. The second-order valence-corrected chi connectivity index (χ2v) is 5.87. The smallest absolute Gasteiger partial charge is 0.269 e. The summed E-state index contributed by atoms with van der Waals surface area (Å²) in [6, 6.07) is 5.29. The number of hydrogen-bond donors (Lipinski definition) is 2. The lowest BCUT2D eigenvalue weighted by Crippen LogP contribution is -2.02. The quantitative estimate of drug-likeness (QED) is 0.744. The van der Waals surface area contributed by atoms with Gasteiger partial charge in [-0.2, -0.15) is 4.98 Å². The Labute approximate surface area is 135 Å². The zero-order chi connectivity index (χ0) is 15.5. The fourth-order valence-electron chi connectivity index (χ4n) is 1.91. The lowest BCUT2D eigenvalue weighted by molar-refractivity contribution is 0.282. The molecule has 0 bridgehead atoms. The highest BCUT2D eigenvalue weighted by Gasteiger charge is 2.13. The number of aliphatic hydroxyl groups is 1. The van der Waals surface area contributed by atoms with Crippen molar-refractivity contribution in [1.29, 1.82) is 0 Å². The number of aromatic nitrogens is 3. The molecule has 0 atom stereocenters. The SMILES string of the molecule is Cc1ncsc1-c1nc(CNc2cc(CO)ccc2Cl)no1. The van der Waals surface area contributed by atoms with Crippen LogP contribution in [0.3, 0.4) is 0 Å². The van der Waals surface area contributed by atoms with Crippen molar-refractivity contribution in [3.8, 4) is 10.8 Å². The van der Waals surface area contributed by atoms with Crippen molar-refractivity contribution in [2.75, 3.05) is 5.32 Å². The van der Waals surface area contributed by atoms with Crippen LogP contribution in [-0.2, 0) is 13.2 Å². The summed E-state index contributed by atoms with van der Waals surface area (Å²) in [5, 5.41) is 16.8. The molecule has 0 saturated heterocycles. The van der Waals surface area contributed by atoms with Gasteiger partial charge in [0.1, 0.15) is 4.88 Å². The topological polar surface area (TPSA) is 84.1 Å². The van der Waals surface area contributed by atoms with Crippen molar-refractivity contribution in [3.63, 3.8) is 0 Å². The van der Waals surface area contributed by atoms with Gasteiger partial charge >= 0.3 is 0 Å². The van der Waals surface area contributed by atoms with Gasteiger partial charge in [0.25, 0.3) is 5.89 Å². The Morgan fingerprint density at radius 3 is 3.00 bits per heavy atom. The van der Waals surface area contributed by atoms with E-state index >= 15 is 0 Å². The van der Waals surface area contributed by atoms with Crippen molar-refractivity contribution in [3.05, 3.63) is 45.8 Å². The first kappa shape index (κ1) is 15.0. The van der Waals surface area contributed by atoms with Crippen molar-refractivity contribution in [1.82, 2.24) is 15.1 Å². The highest BCUT2D eigenvalue weighted by atomic mass is 35.5. The van der Waals surface area contributed by atoms with Crippen LogP contribution in [0.25, 0.3) is 10.8 Å². The highest BCUT2D eigenvalue weighted by Crippen LogP contribution is 2.26. The first-order valence-corrected chi connectivity index (χ1v) is 7.79. The van der Waals surface area contributed by atoms with E-state index in [0.717, 1.165) is 16.1 Å². The maximum absolute atomic E-state index is 9.16. The number of nitrogens with one attached hydrogen (secondary N) is 1. The van der Waals surface area contributed by atoms with Crippen molar-refractivity contribution in [2.45, 2.75) is 20.1 Å². The average Bonchev–Trinajstić information content (AvgIpc) is 3.15. The van der Waals surface area contributed by atoms with Crippen LogP contribution in [0.5, 0.6) is 0 Å². The highest BCUT2D eigenvalue weighted by molar-refractivity contribution is 7.13. The molecule has 0 spiro atoms. The third-order valence-electron chi connectivity index (χ3n) is 3.06. The van der Waals surface area contributed by atoms with Crippen LogP contribution in [0.2, 0.25) is 5.02 Å². The van der Waals surface area contributed by atoms with Crippen LogP contribution in [0.1, 0.15) is 17.1 Å². The number of nitrogens with zero attached hydrogens (tertiary/aromatic N) is 3. The van der Waals surface area contributed by atoms with Crippen molar-refractivity contribution >= 4 is 28.6 Å². The van der Waals surface area contributed by atoms with E-state index in [4.69, 9.17) is 21.2 Å². The Kier molecular flexibility index (Phi) is 4.37. The van der Waals surface area contributed by atoms with Crippen molar-refractivity contribution in [2.24, 2.45) is 0 Å². The largest absolute Gasteiger partial charge is 0.392 e. The monoisotopic (exact) mass is 336 g/mol. The van der Waals surface area contributed by atoms with Gasteiger partial charge in [-0.05, 0) is 24.6 Å². The van der Waals surface area contributed by atoms with Crippen LogP contribution in [0, 0.1) is 6.92 Å². The number of aliphatic hydroxyl groups excluding tert-OH is 1. The number of rotatable bonds is 5. The molecule has 0 amide bonds. The molecule has 6 nitrogen and oxygen atoms in total. The molecule has 1 aromatic carbocycles. The van der Waals surface area contributed by atoms with Crippen LogP contribution in [0.4, 0.5) is 5.69 Å². The Hall–Kier alpha value is -1.96. The van der Waals surface area contributed by atoms with E-state index in [2.05, 4.69) is 20.4 Å². The van der Waals surface area contributed by atoms with E-state index < -0.39 is 0 Å². The predicted molar refractivity (Wildman–Crippen MR) is 84.8 cm³/mol. The molecule has 2 heterocycles. The molecule has 0 unspecified atom stereocenters. The zero-order valence-corrected chi connectivity index (χ0v) is 13.3. The second kappa shape index (κ2) is 6.43. The van der Waals surface area contributed by atoms with E-state index in [9.17, 15) is 0 Å². The maximum atomic E-state index is 9.16. The average molecular weight is 337 g/mol. The number of anilines is 1. The van der Waals surface area contributed by atoms with Gasteiger partial charge in [0.15, 0.2) is 5.82 Å². The van der Waals surface area contributed by atoms with Gasteiger partial charge in [-0.1, -0.05) is 22.8 Å². The molecule has 2 N–H and O–H groups in total. The van der Waals surface area contributed by atoms with Gasteiger partial charge in [-0.3, -0.25) is 0 Å². The first-order chi connectivity index (χ1) is 10.7. The third kappa shape index (κ3) is 3.11. The molecular weight excluding hydrogens is 324 g/mol. The fraction of sp³-hybridized carbons (Fsp3) is 0.214. The standard InChI is InChI=1S/C14H13ClN4O2S/c1-8-13(22-7-17-8)14-18-12(19-21-14)5-16-11-4-9(6-20)2-3-10(11)15/h2-4,7,16,20H,5-6H2,1H3. The van der Waals surface area contributed by atoms with E-state index in [1.807, 2.05) is 6.92 Å². The third-order valence-corrected chi connectivity index (χ3v) is 4.30. The Morgan fingerprint density at radius 2 is 2.27 bits per heavy atom. The number of benzene rings is 1. The molecule has 0 aliphatic carbocycles. The molecule has 0 radical (unpaired) electrons. The molecule has 0 fully saturated rings. The molecule has 0 aliphatic rings. The van der Waals surface area contributed by atoms with Gasteiger partial charge in [0.05, 0.1) is 35.1 Å². The lowest BCUT2D eigenvalue weighted by atomic mass is 10.2. The number of halogens is 1. The summed E-state index contributed by atoms with van der Waals surface area (Å²) in [5.41, 5.74) is 4.11. The van der Waals surface area contributed by atoms with Gasteiger partial charge < -0.3 is 14.9 Å². The zero-order valence-electron chi connectivity index (χ0n) is 11.7.